The van der Waals surface area contributed by atoms with Crippen LogP contribution in [0.5, 0.6) is 0 Å². The zero-order valence-electron chi connectivity index (χ0n) is 16.6. The first-order valence-corrected chi connectivity index (χ1v) is 10.8. The van der Waals surface area contributed by atoms with Gasteiger partial charge in [-0.3, -0.25) is 4.79 Å². The van der Waals surface area contributed by atoms with E-state index in [9.17, 15) is 9.90 Å². The summed E-state index contributed by atoms with van der Waals surface area (Å²) in [6.45, 7) is 3.47. The average molecular weight is 419 g/mol. The van der Waals surface area contributed by atoms with Gasteiger partial charge in [0.2, 0.25) is 0 Å². The molecule has 3 heterocycles. The number of aliphatic hydroxyl groups excluding tert-OH is 1. The molecule has 30 heavy (non-hydrogen) atoms. The Kier molecular flexibility index (Phi) is 4.77. The zero-order chi connectivity index (χ0) is 20.7. The van der Waals surface area contributed by atoms with Crippen LogP contribution in [0.4, 0.5) is 11.4 Å². The van der Waals surface area contributed by atoms with Crippen LogP contribution < -0.4 is 10.2 Å². The highest BCUT2D eigenvalue weighted by Gasteiger charge is 2.21. The lowest BCUT2D eigenvalue weighted by molar-refractivity contribution is 0.103. The van der Waals surface area contributed by atoms with E-state index in [2.05, 4.69) is 15.3 Å². The normalized spacial score (nSPS) is 16.3. The molecule has 2 aromatic carbocycles. The van der Waals surface area contributed by atoms with E-state index in [1.54, 1.807) is 0 Å². The van der Waals surface area contributed by atoms with Gasteiger partial charge in [0.15, 0.2) is 0 Å². The SMILES string of the molecule is Cc1nn(-c2ccccc2)c2sc(C(=O)Nc3ccc(N4CC[C@@H](O)C4)cc3)cc12. The fraction of sp³-hybridized carbons (Fsp3) is 0.217. The number of fused-ring (bicyclic) bond motifs is 1. The van der Waals surface area contributed by atoms with E-state index in [4.69, 9.17) is 0 Å². The number of carbonyl (C=O) groups excluding carboxylic acids is 1. The molecule has 7 heteroatoms. The molecule has 0 aliphatic carbocycles. The van der Waals surface area contributed by atoms with Gasteiger partial charge in [-0.2, -0.15) is 5.10 Å². The maximum absolute atomic E-state index is 12.9. The van der Waals surface area contributed by atoms with Crippen LogP contribution in [0.1, 0.15) is 21.8 Å². The summed E-state index contributed by atoms with van der Waals surface area (Å²) in [5.41, 5.74) is 3.70. The van der Waals surface area contributed by atoms with Gasteiger partial charge in [0.1, 0.15) is 4.83 Å². The smallest absolute Gasteiger partial charge is 0.265 e. The molecule has 2 aromatic heterocycles. The first-order valence-electron chi connectivity index (χ1n) is 9.97. The van der Waals surface area contributed by atoms with Crippen molar-refractivity contribution in [3.05, 3.63) is 71.2 Å². The Morgan fingerprint density at radius 2 is 1.90 bits per heavy atom. The number of benzene rings is 2. The van der Waals surface area contributed by atoms with Crippen molar-refractivity contribution in [1.29, 1.82) is 0 Å². The third-order valence-corrected chi connectivity index (χ3v) is 6.53. The maximum Gasteiger partial charge on any atom is 0.265 e. The monoisotopic (exact) mass is 418 g/mol. The highest BCUT2D eigenvalue weighted by Crippen LogP contribution is 2.31. The molecule has 1 fully saturated rings. The van der Waals surface area contributed by atoms with E-state index in [-0.39, 0.29) is 12.0 Å². The number of hydrogen-bond acceptors (Lipinski definition) is 5. The van der Waals surface area contributed by atoms with Crippen molar-refractivity contribution < 1.29 is 9.90 Å². The molecule has 1 saturated heterocycles. The molecule has 1 aliphatic rings. The van der Waals surface area contributed by atoms with Gasteiger partial charge in [-0.15, -0.1) is 11.3 Å². The van der Waals surface area contributed by atoms with E-state index >= 15 is 0 Å². The van der Waals surface area contributed by atoms with Gasteiger partial charge < -0.3 is 15.3 Å². The van der Waals surface area contributed by atoms with Crippen LogP contribution in [-0.2, 0) is 0 Å². The number of thiophene rings is 1. The lowest BCUT2D eigenvalue weighted by atomic mass is 10.2. The fourth-order valence-electron chi connectivity index (χ4n) is 3.83. The van der Waals surface area contributed by atoms with Crippen molar-refractivity contribution in [2.24, 2.45) is 0 Å². The van der Waals surface area contributed by atoms with Crippen molar-refractivity contribution in [2.75, 3.05) is 23.3 Å². The van der Waals surface area contributed by atoms with E-state index in [0.717, 1.165) is 45.9 Å². The van der Waals surface area contributed by atoms with Crippen LogP contribution in [0.15, 0.2) is 60.7 Å². The minimum atomic E-state index is -0.257. The third-order valence-electron chi connectivity index (χ3n) is 5.42. The minimum Gasteiger partial charge on any atom is -0.391 e. The van der Waals surface area contributed by atoms with Gasteiger partial charge in [0.05, 0.1) is 22.4 Å². The molecule has 0 radical (unpaired) electrons. The van der Waals surface area contributed by atoms with Crippen LogP contribution >= 0.6 is 11.3 Å². The van der Waals surface area contributed by atoms with Crippen LogP contribution in [0.2, 0.25) is 0 Å². The van der Waals surface area contributed by atoms with Gasteiger partial charge in [-0.1, -0.05) is 18.2 Å². The molecule has 2 N–H and O–H groups in total. The van der Waals surface area contributed by atoms with E-state index in [1.807, 2.05) is 72.3 Å². The van der Waals surface area contributed by atoms with Gasteiger partial charge >= 0.3 is 0 Å². The summed E-state index contributed by atoms with van der Waals surface area (Å²) >= 11 is 1.44. The van der Waals surface area contributed by atoms with E-state index < -0.39 is 0 Å². The summed E-state index contributed by atoms with van der Waals surface area (Å²) in [4.78, 5) is 16.6. The predicted octanol–water partition coefficient (Wildman–Crippen LogP) is 4.22. The largest absolute Gasteiger partial charge is 0.391 e. The lowest BCUT2D eigenvalue weighted by Gasteiger charge is -2.18. The number of amides is 1. The second-order valence-electron chi connectivity index (χ2n) is 7.55. The Morgan fingerprint density at radius 1 is 1.13 bits per heavy atom. The number of nitrogens with one attached hydrogen (secondary N) is 1. The van der Waals surface area contributed by atoms with E-state index in [0.29, 0.717) is 11.4 Å². The average Bonchev–Trinajstić information content (AvgIpc) is 3.46. The maximum atomic E-state index is 12.9. The predicted molar refractivity (Wildman–Crippen MR) is 121 cm³/mol. The Morgan fingerprint density at radius 3 is 2.60 bits per heavy atom. The molecule has 0 spiro atoms. The lowest BCUT2D eigenvalue weighted by Crippen LogP contribution is -2.21. The summed E-state index contributed by atoms with van der Waals surface area (Å²) < 4.78 is 1.89. The highest BCUT2D eigenvalue weighted by atomic mass is 32.1. The Labute approximate surface area is 178 Å². The number of carbonyl (C=O) groups is 1. The first-order chi connectivity index (χ1) is 14.6. The number of para-hydroxylation sites is 1. The number of β-amino-alcohol motifs (C(OH)–C–C–N with tert-alkyl or cyclic N) is 1. The number of rotatable bonds is 4. The van der Waals surface area contributed by atoms with E-state index in [1.165, 1.54) is 11.3 Å². The molecule has 152 valence electrons. The molecule has 5 rings (SSSR count). The van der Waals surface area contributed by atoms with Crippen molar-refractivity contribution >= 4 is 38.8 Å². The number of hydrogen-bond donors (Lipinski definition) is 2. The Bertz CT molecular complexity index is 1200. The molecule has 1 amide bonds. The Balaban J connectivity index is 1.36. The number of anilines is 2. The number of aliphatic hydroxyl groups is 1. The van der Waals surface area contributed by atoms with Crippen molar-refractivity contribution in [1.82, 2.24) is 9.78 Å². The molecule has 0 unspecified atom stereocenters. The van der Waals surface area contributed by atoms with Crippen LogP contribution in [0.3, 0.4) is 0 Å². The molecule has 4 aromatic rings. The number of aryl methyl sites for hydroxylation is 1. The summed E-state index contributed by atoms with van der Waals surface area (Å²) in [7, 11) is 0. The molecular formula is C23H22N4O2S. The second kappa shape index (κ2) is 7.59. The molecule has 0 saturated carbocycles. The molecule has 6 nitrogen and oxygen atoms in total. The molecule has 1 aliphatic heterocycles. The Hall–Kier alpha value is -3.16. The van der Waals surface area contributed by atoms with Gasteiger partial charge in [-0.25, -0.2) is 4.68 Å². The minimum absolute atomic E-state index is 0.125. The van der Waals surface area contributed by atoms with Crippen molar-refractivity contribution in [2.45, 2.75) is 19.4 Å². The fourth-order valence-corrected chi connectivity index (χ4v) is 4.91. The topological polar surface area (TPSA) is 70.4 Å². The zero-order valence-corrected chi connectivity index (χ0v) is 17.4. The third kappa shape index (κ3) is 3.46. The first kappa shape index (κ1) is 18.8. The van der Waals surface area contributed by atoms with Crippen LogP contribution in [0, 0.1) is 6.92 Å². The summed E-state index contributed by atoms with van der Waals surface area (Å²) in [5.74, 6) is -0.125. The summed E-state index contributed by atoms with van der Waals surface area (Å²) in [6, 6.07) is 19.6. The second-order valence-corrected chi connectivity index (χ2v) is 8.58. The summed E-state index contributed by atoms with van der Waals surface area (Å²) in [5, 5.41) is 18.3. The van der Waals surface area contributed by atoms with Gasteiger partial charge in [0, 0.05) is 29.9 Å². The molecular weight excluding hydrogens is 396 g/mol. The molecule has 0 bridgehead atoms. The standard InChI is InChI=1S/C23H22N4O2S/c1-15-20-13-21(30-23(20)27(25-15)18-5-3-2-4-6-18)22(29)24-16-7-9-17(10-8-16)26-12-11-19(28)14-26/h2-10,13,19,28H,11-12,14H2,1H3,(H,24,29)/t19-/m1/s1. The van der Waals surface area contributed by atoms with Crippen molar-refractivity contribution in [3.8, 4) is 5.69 Å². The quantitative estimate of drug-likeness (QED) is 0.521. The highest BCUT2D eigenvalue weighted by molar-refractivity contribution is 7.20. The number of aromatic nitrogens is 2. The van der Waals surface area contributed by atoms with Gasteiger partial charge in [-0.05, 0) is 55.8 Å². The van der Waals surface area contributed by atoms with Gasteiger partial charge in [0.25, 0.3) is 5.91 Å². The van der Waals surface area contributed by atoms with Crippen LogP contribution in [-0.4, -0.2) is 40.0 Å². The summed E-state index contributed by atoms with van der Waals surface area (Å²) in [6.07, 6.45) is 0.539. The van der Waals surface area contributed by atoms with Crippen LogP contribution in [0.25, 0.3) is 15.9 Å². The molecule has 1 atom stereocenters. The van der Waals surface area contributed by atoms with Crippen molar-refractivity contribution in [3.63, 3.8) is 0 Å². The number of nitrogens with zero attached hydrogens (tertiary/aromatic N) is 3.